The highest BCUT2D eigenvalue weighted by atomic mass is 32.2. The van der Waals surface area contributed by atoms with Crippen molar-refractivity contribution in [1.29, 1.82) is 0 Å². The summed E-state index contributed by atoms with van der Waals surface area (Å²) in [6.45, 7) is 1.73. The number of fused-ring (bicyclic) bond motifs is 2. The Morgan fingerprint density at radius 3 is 2.87 bits per heavy atom. The van der Waals surface area contributed by atoms with Gasteiger partial charge < -0.3 is 4.90 Å². The molecule has 0 bridgehead atoms. The van der Waals surface area contributed by atoms with Crippen LogP contribution in [0.1, 0.15) is 40.4 Å². The molecule has 1 atom stereocenters. The third-order valence-electron chi connectivity index (χ3n) is 5.92. The number of hydrogen-bond donors (Lipinski definition) is 0. The van der Waals surface area contributed by atoms with Gasteiger partial charge in [0.1, 0.15) is 6.33 Å². The third-order valence-corrected chi connectivity index (χ3v) is 7.10. The van der Waals surface area contributed by atoms with Gasteiger partial charge in [-0.15, -0.1) is 0 Å². The number of hydrogen-bond acceptors (Lipinski definition) is 6. The predicted molar refractivity (Wildman–Crippen MR) is 111 cm³/mol. The molecular formula is C20H22N6O3S. The lowest BCUT2D eigenvalue weighted by atomic mass is 9.94. The van der Waals surface area contributed by atoms with E-state index in [2.05, 4.69) is 15.1 Å². The summed E-state index contributed by atoms with van der Waals surface area (Å²) in [5.74, 6) is 0.694. The minimum atomic E-state index is -3.30. The standard InChI is InChI=1S/C20H22N6O3S/c1-30(28,29)25-10-7-14-11-15(4-5-17(14)25)19(27)24-9-2-3-16(12-24)18-6-8-21-20-22-13-23-26(18)20/h4-6,8,11,13,16H,2-3,7,9-10,12H2,1H3. The topological polar surface area (TPSA) is 101 Å². The molecule has 4 heterocycles. The van der Waals surface area contributed by atoms with Crippen molar-refractivity contribution in [1.82, 2.24) is 24.5 Å². The summed E-state index contributed by atoms with van der Waals surface area (Å²) < 4.78 is 27.0. The maximum Gasteiger partial charge on any atom is 0.253 e. The van der Waals surface area contributed by atoms with Gasteiger partial charge in [-0.05, 0) is 49.1 Å². The van der Waals surface area contributed by atoms with Crippen LogP contribution in [0.4, 0.5) is 5.69 Å². The quantitative estimate of drug-likeness (QED) is 0.629. The van der Waals surface area contributed by atoms with Gasteiger partial charge in [-0.25, -0.2) is 17.9 Å². The van der Waals surface area contributed by atoms with E-state index in [1.54, 1.807) is 22.8 Å². The molecule has 9 nitrogen and oxygen atoms in total. The minimum Gasteiger partial charge on any atom is -0.338 e. The van der Waals surface area contributed by atoms with Gasteiger partial charge in [0, 0.05) is 37.3 Å². The van der Waals surface area contributed by atoms with Crippen molar-refractivity contribution in [2.75, 3.05) is 30.2 Å². The van der Waals surface area contributed by atoms with Crippen molar-refractivity contribution in [2.24, 2.45) is 0 Å². The van der Waals surface area contributed by atoms with Crippen molar-refractivity contribution >= 4 is 27.4 Å². The van der Waals surface area contributed by atoms with E-state index < -0.39 is 10.0 Å². The number of nitrogens with zero attached hydrogens (tertiary/aromatic N) is 6. The first-order valence-corrected chi connectivity index (χ1v) is 11.8. The molecule has 0 N–H and O–H groups in total. The molecule has 2 aromatic heterocycles. The number of carbonyl (C=O) groups is 1. The number of benzene rings is 1. The van der Waals surface area contributed by atoms with Crippen molar-refractivity contribution in [3.63, 3.8) is 0 Å². The molecular weight excluding hydrogens is 404 g/mol. The molecule has 2 aliphatic heterocycles. The van der Waals surface area contributed by atoms with Gasteiger partial charge >= 0.3 is 0 Å². The third kappa shape index (κ3) is 3.20. The number of aromatic nitrogens is 4. The first-order valence-electron chi connectivity index (χ1n) is 9.96. The van der Waals surface area contributed by atoms with Crippen LogP contribution in [0.15, 0.2) is 36.8 Å². The first-order chi connectivity index (χ1) is 14.4. The summed E-state index contributed by atoms with van der Waals surface area (Å²) in [4.78, 5) is 23.5. The number of amides is 1. The molecule has 1 amide bonds. The number of piperidine rings is 1. The summed E-state index contributed by atoms with van der Waals surface area (Å²) in [6.07, 6.45) is 6.92. The molecule has 0 aliphatic carbocycles. The van der Waals surface area contributed by atoms with E-state index >= 15 is 0 Å². The second-order valence-electron chi connectivity index (χ2n) is 7.86. The molecule has 0 saturated carbocycles. The van der Waals surface area contributed by atoms with E-state index in [-0.39, 0.29) is 11.8 Å². The highest BCUT2D eigenvalue weighted by Crippen LogP contribution is 2.32. The van der Waals surface area contributed by atoms with E-state index in [0.29, 0.717) is 43.1 Å². The van der Waals surface area contributed by atoms with Crippen LogP contribution in [-0.2, 0) is 16.4 Å². The van der Waals surface area contributed by atoms with Crippen molar-refractivity contribution in [3.05, 3.63) is 53.6 Å². The number of carbonyl (C=O) groups excluding carboxylic acids is 1. The second-order valence-corrected chi connectivity index (χ2v) is 9.77. The molecule has 30 heavy (non-hydrogen) atoms. The molecule has 1 saturated heterocycles. The first kappa shape index (κ1) is 19.0. The Morgan fingerprint density at radius 2 is 2.03 bits per heavy atom. The Kier molecular flexibility index (Phi) is 4.46. The Labute approximate surface area is 174 Å². The average molecular weight is 427 g/mol. The molecule has 1 aromatic carbocycles. The van der Waals surface area contributed by atoms with Crippen LogP contribution in [0.2, 0.25) is 0 Å². The largest absolute Gasteiger partial charge is 0.338 e. The molecule has 2 aliphatic rings. The number of likely N-dealkylation sites (tertiary alicyclic amines) is 1. The fourth-order valence-electron chi connectivity index (χ4n) is 4.50. The lowest BCUT2D eigenvalue weighted by molar-refractivity contribution is 0.0705. The zero-order valence-corrected chi connectivity index (χ0v) is 17.4. The van der Waals surface area contributed by atoms with Gasteiger partial charge in [-0.2, -0.15) is 10.1 Å². The van der Waals surface area contributed by atoms with Crippen LogP contribution >= 0.6 is 0 Å². The van der Waals surface area contributed by atoms with Gasteiger partial charge in [-0.1, -0.05) is 0 Å². The highest BCUT2D eigenvalue weighted by molar-refractivity contribution is 7.92. The van der Waals surface area contributed by atoms with Crippen molar-refractivity contribution in [3.8, 4) is 0 Å². The van der Waals surface area contributed by atoms with E-state index in [0.717, 1.165) is 24.1 Å². The van der Waals surface area contributed by atoms with Crippen molar-refractivity contribution < 1.29 is 13.2 Å². The molecule has 5 rings (SSSR count). The number of sulfonamides is 1. The lowest BCUT2D eigenvalue weighted by Gasteiger charge is -2.33. The monoisotopic (exact) mass is 426 g/mol. The van der Waals surface area contributed by atoms with Crippen LogP contribution in [-0.4, -0.2) is 64.7 Å². The number of rotatable bonds is 3. The van der Waals surface area contributed by atoms with E-state index in [9.17, 15) is 13.2 Å². The summed E-state index contributed by atoms with van der Waals surface area (Å²) in [5.41, 5.74) is 3.19. The van der Waals surface area contributed by atoms with E-state index in [1.807, 2.05) is 17.0 Å². The maximum absolute atomic E-state index is 13.2. The van der Waals surface area contributed by atoms with Gasteiger partial charge in [-0.3, -0.25) is 9.10 Å². The zero-order chi connectivity index (χ0) is 20.9. The SMILES string of the molecule is CS(=O)(=O)N1CCc2cc(C(=O)N3CCCC(c4ccnc5ncnn45)C3)ccc21. The van der Waals surface area contributed by atoms with E-state index in [1.165, 1.54) is 16.9 Å². The molecule has 156 valence electrons. The molecule has 3 aromatic rings. The van der Waals surface area contributed by atoms with Gasteiger partial charge in [0.05, 0.1) is 17.6 Å². The fraction of sp³-hybridized carbons (Fsp3) is 0.400. The van der Waals surface area contributed by atoms with E-state index in [4.69, 9.17) is 0 Å². The summed E-state index contributed by atoms with van der Waals surface area (Å²) >= 11 is 0. The smallest absolute Gasteiger partial charge is 0.253 e. The van der Waals surface area contributed by atoms with Gasteiger partial charge in [0.15, 0.2) is 0 Å². The summed E-state index contributed by atoms with van der Waals surface area (Å²) in [6, 6.07) is 7.26. The summed E-state index contributed by atoms with van der Waals surface area (Å²) in [5, 5.41) is 4.27. The minimum absolute atomic E-state index is 0.0239. The molecule has 0 spiro atoms. The summed E-state index contributed by atoms with van der Waals surface area (Å²) in [7, 11) is -3.30. The maximum atomic E-state index is 13.2. The van der Waals surface area contributed by atoms with Crippen LogP contribution < -0.4 is 4.31 Å². The number of anilines is 1. The Hall–Kier alpha value is -3.01. The fourth-order valence-corrected chi connectivity index (χ4v) is 5.46. The Morgan fingerprint density at radius 1 is 1.17 bits per heavy atom. The highest BCUT2D eigenvalue weighted by Gasteiger charge is 2.30. The molecule has 0 radical (unpaired) electrons. The van der Waals surface area contributed by atoms with Gasteiger partial charge in [0.25, 0.3) is 11.7 Å². The van der Waals surface area contributed by atoms with Crippen LogP contribution in [0.3, 0.4) is 0 Å². The van der Waals surface area contributed by atoms with Crippen molar-refractivity contribution in [2.45, 2.75) is 25.2 Å². The normalized spacial score (nSPS) is 19.3. The molecule has 1 fully saturated rings. The Balaban J connectivity index is 1.39. The second kappa shape index (κ2) is 7.05. The van der Waals surface area contributed by atoms with Crippen LogP contribution in [0.5, 0.6) is 0 Å². The Bertz CT molecular complexity index is 1240. The zero-order valence-electron chi connectivity index (χ0n) is 16.6. The van der Waals surface area contributed by atoms with Gasteiger partial charge in [0.2, 0.25) is 10.0 Å². The molecule has 1 unspecified atom stereocenters. The average Bonchev–Trinajstić information content (AvgIpc) is 3.39. The predicted octanol–water partition coefficient (Wildman–Crippen LogP) is 1.47. The molecule has 10 heteroatoms. The lowest BCUT2D eigenvalue weighted by Crippen LogP contribution is -2.39. The van der Waals surface area contributed by atoms with Crippen LogP contribution in [0.25, 0.3) is 5.78 Å². The van der Waals surface area contributed by atoms with Crippen LogP contribution in [0, 0.1) is 0 Å².